The number of rotatable bonds is 7. The average molecular weight is 335 g/mol. The Morgan fingerprint density at radius 3 is 2.83 bits per heavy atom. The number of aryl methyl sites for hydroxylation is 1. The number of unbranched alkanes of at least 4 members (excludes halogenated alkanes) is 1. The van der Waals surface area contributed by atoms with E-state index in [1.165, 1.54) is 12.0 Å². The van der Waals surface area contributed by atoms with Crippen molar-refractivity contribution in [2.45, 2.75) is 58.7 Å². The molecule has 1 fully saturated rings. The lowest BCUT2D eigenvalue weighted by Crippen LogP contribution is -2.63. The Morgan fingerprint density at radius 2 is 2.29 bits per heavy atom. The summed E-state index contributed by atoms with van der Waals surface area (Å²) in [6.07, 6.45) is 7.63. The van der Waals surface area contributed by atoms with Gasteiger partial charge in [-0.05, 0) is 12.8 Å². The molecule has 0 aliphatic heterocycles. The van der Waals surface area contributed by atoms with E-state index in [1.54, 1.807) is 0 Å². The van der Waals surface area contributed by atoms with Crippen LogP contribution in [0.3, 0.4) is 0 Å². The van der Waals surface area contributed by atoms with Gasteiger partial charge in [0.25, 0.3) is 0 Å². The van der Waals surface area contributed by atoms with Gasteiger partial charge in [0, 0.05) is 57.5 Å². The molecule has 24 heavy (non-hydrogen) atoms. The lowest BCUT2D eigenvalue weighted by atomic mass is 9.64. The molecular weight excluding hydrogens is 302 g/mol. The van der Waals surface area contributed by atoms with Crippen LogP contribution in [0, 0.1) is 5.41 Å². The normalized spacial score (nSPS) is 23.0. The molecule has 0 radical (unpaired) electrons. The second-order valence-electron chi connectivity index (χ2n) is 7.39. The molecule has 2 atom stereocenters. The fourth-order valence-corrected chi connectivity index (χ4v) is 3.19. The smallest absolute Gasteiger partial charge is 0.193 e. The number of ether oxygens (including phenoxy) is 1. The third kappa shape index (κ3) is 4.29. The van der Waals surface area contributed by atoms with E-state index in [9.17, 15) is 0 Å². The quantitative estimate of drug-likeness (QED) is 0.472. The molecule has 6 nitrogen and oxygen atoms in total. The summed E-state index contributed by atoms with van der Waals surface area (Å²) in [6.45, 7) is 8.41. The van der Waals surface area contributed by atoms with Gasteiger partial charge in [-0.3, -0.25) is 9.67 Å². The second kappa shape index (κ2) is 8.01. The Balaban J connectivity index is 1.87. The molecule has 0 aromatic carbocycles. The van der Waals surface area contributed by atoms with E-state index in [4.69, 9.17) is 4.74 Å². The Labute approximate surface area is 146 Å². The van der Waals surface area contributed by atoms with E-state index >= 15 is 0 Å². The van der Waals surface area contributed by atoms with E-state index in [2.05, 4.69) is 48.1 Å². The standard InChI is InChI=1S/C18H33N5O/c1-7-8-9-24-16-10-15(18(16,2)3)21-17(19-4)22(5)12-14-11-20-23(6)13-14/h11,13,15-16H,7-10,12H2,1-6H3,(H,19,21). The second-order valence-corrected chi connectivity index (χ2v) is 7.39. The highest BCUT2D eigenvalue weighted by atomic mass is 16.5. The zero-order valence-electron chi connectivity index (χ0n) is 16.0. The fourth-order valence-electron chi connectivity index (χ4n) is 3.19. The molecular formula is C18H33N5O. The van der Waals surface area contributed by atoms with E-state index in [-0.39, 0.29) is 5.41 Å². The molecule has 2 unspecified atom stereocenters. The first-order valence-electron chi connectivity index (χ1n) is 8.92. The summed E-state index contributed by atoms with van der Waals surface area (Å²) in [5.74, 6) is 0.920. The summed E-state index contributed by atoms with van der Waals surface area (Å²) in [4.78, 5) is 6.58. The Kier molecular flexibility index (Phi) is 6.27. The van der Waals surface area contributed by atoms with Gasteiger partial charge < -0.3 is 15.0 Å². The van der Waals surface area contributed by atoms with Crippen molar-refractivity contribution < 1.29 is 4.74 Å². The number of hydrogen-bond donors (Lipinski definition) is 1. The summed E-state index contributed by atoms with van der Waals surface area (Å²) in [7, 11) is 5.83. The third-order valence-electron chi connectivity index (χ3n) is 5.05. The lowest BCUT2D eigenvalue weighted by molar-refractivity contribution is -0.114. The van der Waals surface area contributed by atoms with Crippen LogP contribution >= 0.6 is 0 Å². The van der Waals surface area contributed by atoms with Crippen LogP contribution in [0.25, 0.3) is 0 Å². The monoisotopic (exact) mass is 335 g/mol. The number of aliphatic imine (C=N–C) groups is 1. The van der Waals surface area contributed by atoms with Gasteiger partial charge in [0.05, 0.1) is 12.3 Å². The Hall–Kier alpha value is -1.56. The molecule has 6 heteroatoms. The van der Waals surface area contributed by atoms with E-state index in [1.807, 2.05) is 31.2 Å². The predicted octanol–water partition coefficient (Wildman–Crippen LogP) is 2.41. The highest BCUT2D eigenvalue weighted by Crippen LogP contribution is 2.42. The maximum Gasteiger partial charge on any atom is 0.193 e. The van der Waals surface area contributed by atoms with Crippen molar-refractivity contribution in [3.05, 3.63) is 18.0 Å². The van der Waals surface area contributed by atoms with Gasteiger partial charge in [0.2, 0.25) is 0 Å². The van der Waals surface area contributed by atoms with Crippen molar-refractivity contribution in [3.63, 3.8) is 0 Å². The van der Waals surface area contributed by atoms with Crippen molar-refractivity contribution in [2.75, 3.05) is 20.7 Å². The van der Waals surface area contributed by atoms with E-state index in [0.29, 0.717) is 12.1 Å². The zero-order valence-corrected chi connectivity index (χ0v) is 16.0. The van der Waals surface area contributed by atoms with Crippen LogP contribution in [0.5, 0.6) is 0 Å². The van der Waals surface area contributed by atoms with Crippen molar-refractivity contribution in [1.82, 2.24) is 20.0 Å². The van der Waals surface area contributed by atoms with Crippen LogP contribution in [0.15, 0.2) is 17.4 Å². The molecule has 1 saturated carbocycles. The number of nitrogens with one attached hydrogen (secondary N) is 1. The molecule has 0 saturated heterocycles. The Morgan fingerprint density at radius 1 is 1.54 bits per heavy atom. The van der Waals surface area contributed by atoms with Gasteiger partial charge >= 0.3 is 0 Å². The molecule has 1 aliphatic rings. The SMILES string of the molecule is CCCCOC1CC(NC(=NC)N(C)Cc2cnn(C)c2)C1(C)C. The molecule has 1 N–H and O–H groups in total. The molecule has 1 aliphatic carbocycles. The topological polar surface area (TPSA) is 54.7 Å². The number of hydrogen-bond acceptors (Lipinski definition) is 3. The van der Waals surface area contributed by atoms with Gasteiger partial charge in [-0.25, -0.2) is 0 Å². The maximum atomic E-state index is 6.03. The van der Waals surface area contributed by atoms with Crippen LogP contribution < -0.4 is 5.32 Å². The minimum absolute atomic E-state index is 0.124. The predicted molar refractivity (Wildman–Crippen MR) is 98.0 cm³/mol. The highest BCUT2D eigenvalue weighted by molar-refractivity contribution is 5.80. The van der Waals surface area contributed by atoms with Crippen LogP contribution in [-0.2, 0) is 18.3 Å². The summed E-state index contributed by atoms with van der Waals surface area (Å²) in [5.41, 5.74) is 1.30. The van der Waals surface area contributed by atoms with Crippen LogP contribution in [0.1, 0.15) is 45.6 Å². The molecule has 1 heterocycles. The van der Waals surface area contributed by atoms with Gasteiger partial charge in [0.15, 0.2) is 5.96 Å². The van der Waals surface area contributed by atoms with E-state index < -0.39 is 0 Å². The minimum Gasteiger partial charge on any atom is -0.378 e. The average Bonchev–Trinajstić information content (AvgIpc) is 2.94. The first-order valence-corrected chi connectivity index (χ1v) is 8.92. The highest BCUT2D eigenvalue weighted by Gasteiger charge is 2.49. The maximum absolute atomic E-state index is 6.03. The molecule has 0 spiro atoms. The van der Waals surface area contributed by atoms with Crippen LogP contribution in [0.4, 0.5) is 0 Å². The van der Waals surface area contributed by atoms with Crippen molar-refractivity contribution in [3.8, 4) is 0 Å². The van der Waals surface area contributed by atoms with E-state index in [0.717, 1.165) is 32.0 Å². The van der Waals surface area contributed by atoms with Gasteiger partial charge in [0.1, 0.15) is 0 Å². The van der Waals surface area contributed by atoms with Crippen molar-refractivity contribution in [2.24, 2.45) is 17.5 Å². The van der Waals surface area contributed by atoms with Gasteiger partial charge in [-0.2, -0.15) is 5.10 Å². The summed E-state index contributed by atoms with van der Waals surface area (Å²) in [5, 5.41) is 7.83. The number of aromatic nitrogens is 2. The first-order chi connectivity index (χ1) is 11.4. The zero-order chi connectivity index (χ0) is 17.7. The molecule has 1 aromatic heterocycles. The first kappa shape index (κ1) is 18.8. The number of guanidine groups is 1. The fraction of sp³-hybridized carbons (Fsp3) is 0.778. The summed E-state index contributed by atoms with van der Waals surface area (Å²) in [6, 6.07) is 0.388. The van der Waals surface area contributed by atoms with Crippen molar-refractivity contribution >= 4 is 5.96 Å². The lowest BCUT2D eigenvalue weighted by Gasteiger charge is -2.52. The number of nitrogens with zero attached hydrogens (tertiary/aromatic N) is 4. The minimum atomic E-state index is 0.124. The van der Waals surface area contributed by atoms with Crippen molar-refractivity contribution in [1.29, 1.82) is 0 Å². The Bertz CT molecular complexity index is 551. The van der Waals surface area contributed by atoms with Gasteiger partial charge in [-0.15, -0.1) is 0 Å². The largest absolute Gasteiger partial charge is 0.378 e. The summed E-state index contributed by atoms with van der Waals surface area (Å²) >= 11 is 0. The van der Waals surface area contributed by atoms with Gasteiger partial charge in [-0.1, -0.05) is 27.2 Å². The third-order valence-corrected chi connectivity index (χ3v) is 5.05. The molecule has 136 valence electrons. The van der Waals surface area contributed by atoms with Crippen LogP contribution in [-0.4, -0.2) is 53.5 Å². The van der Waals surface area contributed by atoms with Crippen LogP contribution in [0.2, 0.25) is 0 Å². The molecule has 2 rings (SSSR count). The summed E-state index contributed by atoms with van der Waals surface area (Å²) < 4.78 is 7.86. The molecule has 0 amide bonds. The molecule has 1 aromatic rings. The molecule has 0 bridgehead atoms.